The second kappa shape index (κ2) is 10.3. The van der Waals surface area contributed by atoms with Gasteiger partial charge in [-0.15, -0.1) is 0 Å². The molecule has 1 unspecified atom stereocenters. The van der Waals surface area contributed by atoms with Crippen LogP contribution in [0.1, 0.15) is 64.9 Å². The number of aromatic hydroxyl groups is 1. The van der Waals surface area contributed by atoms with Crippen LogP contribution in [-0.2, 0) is 11.2 Å². The predicted octanol–water partition coefficient (Wildman–Crippen LogP) is 5.15. The lowest BCUT2D eigenvalue weighted by atomic mass is 9.93. The lowest BCUT2D eigenvalue weighted by Crippen LogP contribution is -2.03. The number of ketones is 1. The van der Waals surface area contributed by atoms with Crippen molar-refractivity contribution in [1.29, 1.82) is 0 Å². The Labute approximate surface area is 141 Å². The molecule has 0 aliphatic heterocycles. The number of carbonyl (C=O) groups is 1. The molecule has 0 heterocycles. The van der Waals surface area contributed by atoms with Crippen molar-refractivity contribution in [3.63, 3.8) is 0 Å². The van der Waals surface area contributed by atoms with Crippen LogP contribution in [0.2, 0.25) is 0 Å². The summed E-state index contributed by atoms with van der Waals surface area (Å²) < 4.78 is 5.09. The van der Waals surface area contributed by atoms with Gasteiger partial charge in [-0.3, -0.25) is 4.79 Å². The van der Waals surface area contributed by atoms with Crippen LogP contribution in [-0.4, -0.2) is 18.0 Å². The zero-order valence-electron chi connectivity index (χ0n) is 15.1. The second-order valence-corrected chi connectivity index (χ2v) is 7.03. The Hall–Kier alpha value is -1.51. The lowest BCUT2D eigenvalue weighted by molar-refractivity contribution is -0.119. The molecule has 0 fully saturated rings. The Morgan fingerprint density at radius 2 is 1.91 bits per heavy atom. The summed E-state index contributed by atoms with van der Waals surface area (Å²) in [5, 5.41) is 9.56. The quantitative estimate of drug-likeness (QED) is 0.574. The average molecular weight is 320 g/mol. The molecule has 0 aliphatic carbocycles. The first-order chi connectivity index (χ1) is 10.9. The summed E-state index contributed by atoms with van der Waals surface area (Å²) >= 11 is 0. The van der Waals surface area contributed by atoms with Crippen molar-refractivity contribution < 1.29 is 14.6 Å². The van der Waals surface area contributed by atoms with Gasteiger partial charge < -0.3 is 9.84 Å². The van der Waals surface area contributed by atoms with E-state index in [-0.39, 0.29) is 5.75 Å². The predicted molar refractivity (Wildman–Crippen MR) is 95.1 cm³/mol. The van der Waals surface area contributed by atoms with Gasteiger partial charge in [0, 0.05) is 12.8 Å². The van der Waals surface area contributed by atoms with Gasteiger partial charge in [0.05, 0.1) is 7.11 Å². The van der Waals surface area contributed by atoms with Crippen LogP contribution < -0.4 is 4.74 Å². The van der Waals surface area contributed by atoms with E-state index in [1.807, 2.05) is 6.07 Å². The molecular formula is C20H32O3. The number of carbonyl (C=O) groups excluding carboxylic acids is 1. The molecule has 130 valence electrons. The summed E-state index contributed by atoms with van der Waals surface area (Å²) in [6.45, 7) is 6.83. The van der Waals surface area contributed by atoms with Crippen LogP contribution in [0, 0.1) is 11.8 Å². The molecule has 0 spiro atoms. The maximum Gasteiger partial charge on any atom is 0.160 e. The molecule has 0 bridgehead atoms. The lowest BCUT2D eigenvalue weighted by Gasteiger charge is -2.13. The third-order valence-corrected chi connectivity index (χ3v) is 4.21. The number of aryl methyl sites for hydroxylation is 1. The summed E-state index contributed by atoms with van der Waals surface area (Å²) in [5.74, 6) is 2.45. The fraction of sp³-hybridized carbons (Fsp3) is 0.650. The van der Waals surface area contributed by atoms with E-state index in [4.69, 9.17) is 4.74 Å². The van der Waals surface area contributed by atoms with Gasteiger partial charge in [0.1, 0.15) is 5.78 Å². The number of ether oxygens (including phenoxy) is 1. The zero-order chi connectivity index (χ0) is 17.2. The number of phenolic OH excluding ortho intramolecular Hbond substituents is 1. The number of rotatable bonds is 11. The van der Waals surface area contributed by atoms with Gasteiger partial charge in [0.2, 0.25) is 0 Å². The van der Waals surface area contributed by atoms with Crippen molar-refractivity contribution in [3.8, 4) is 11.5 Å². The molecule has 1 aromatic carbocycles. The highest BCUT2D eigenvalue weighted by Crippen LogP contribution is 2.26. The normalized spacial score (nSPS) is 12.4. The van der Waals surface area contributed by atoms with Crippen LogP contribution in [0.4, 0.5) is 0 Å². The topological polar surface area (TPSA) is 46.5 Å². The van der Waals surface area contributed by atoms with Crippen LogP contribution in [0.5, 0.6) is 11.5 Å². The van der Waals surface area contributed by atoms with Crippen molar-refractivity contribution in [2.75, 3.05) is 7.11 Å². The van der Waals surface area contributed by atoms with E-state index in [0.717, 1.165) is 30.2 Å². The Bertz CT molecular complexity index is 480. The molecule has 3 heteroatoms. The molecule has 1 atom stereocenters. The van der Waals surface area contributed by atoms with Gasteiger partial charge in [-0.05, 0) is 48.8 Å². The van der Waals surface area contributed by atoms with E-state index in [1.54, 1.807) is 12.1 Å². The van der Waals surface area contributed by atoms with E-state index >= 15 is 0 Å². The number of hydrogen-bond acceptors (Lipinski definition) is 3. The minimum atomic E-state index is 0.137. The number of unbranched alkanes of at least 4 members (excludes halogenated alkanes) is 1. The van der Waals surface area contributed by atoms with Crippen LogP contribution >= 0.6 is 0 Å². The van der Waals surface area contributed by atoms with E-state index < -0.39 is 0 Å². The number of phenols is 1. The molecule has 0 saturated carbocycles. The Morgan fingerprint density at radius 3 is 2.57 bits per heavy atom. The first kappa shape index (κ1) is 19.5. The summed E-state index contributed by atoms with van der Waals surface area (Å²) in [6.07, 6.45) is 6.60. The molecule has 0 saturated heterocycles. The van der Waals surface area contributed by atoms with E-state index in [9.17, 15) is 9.90 Å². The highest BCUT2D eigenvalue weighted by molar-refractivity contribution is 5.78. The monoisotopic (exact) mass is 320 g/mol. The molecule has 0 aliphatic rings. The maximum absolute atomic E-state index is 12.0. The number of methoxy groups -OCH3 is 1. The second-order valence-electron chi connectivity index (χ2n) is 7.03. The van der Waals surface area contributed by atoms with E-state index in [0.29, 0.717) is 30.8 Å². The fourth-order valence-electron chi connectivity index (χ4n) is 3.02. The smallest absolute Gasteiger partial charge is 0.160 e. The average Bonchev–Trinajstić information content (AvgIpc) is 2.50. The van der Waals surface area contributed by atoms with Gasteiger partial charge in [0.25, 0.3) is 0 Å². The van der Waals surface area contributed by atoms with Crippen molar-refractivity contribution in [2.24, 2.45) is 11.8 Å². The van der Waals surface area contributed by atoms with E-state index in [1.165, 1.54) is 20.0 Å². The third kappa shape index (κ3) is 8.06. The summed E-state index contributed by atoms with van der Waals surface area (Å²) in [4.78, 5) is 12.0. The summed E-state index contributed by atoms with van der Waals surface area (Å²) in [5.41, 5.74) is 1.03. The first-order valence-electron chi connectivity index (χ1n) is 8.80. The Morgan fingerprint density at radius 1 is 1.17 bits per heavy atom. The zero-order valence-corrected chi connectivity index (χ0v) is 15.1. The van der Waals surface area contributed by atoms with Crippen molar-refractivity contribution in [1.82, 2.24) is 0 Å². The van der Waals surface area contributed by atoms with Gasteiger partial charge in [0.15, 0.2) is 11.5 Å². The molecule has 23 heavy (non-hydrogen) atoms. The fourth-order valence-corrected chi connectivity index (χ4v) is 3.02. The molecule has 0 aromatic heterocycles. The molecule has 0 amide bonds. The van der Waals surface area contributed by atoms with Crippen molar-refractivity contribution in [2.45, 2.75) is 65.7 Å². The summed E-state index contributed by atoms with van der Waals surface area (Å²) in [7, 11) is 1.53. The molecule has 1 N–H and O–H groups in total. The minimum absolute atomic E-state index is 0.137. The Balaban J connectivity index is 2.22. The standard InChI is InChI=1S/C20H32O3/c1-15(2)13-16(3)7-5-6-8-18(21)11-9-17-10-12-19(22)20(14-17)23-4/h10,12,14-16,22H,5-9,11,13H2,1-4H3. The van der Waals surface area contributed by atoms with Gasteiger partial charge in [-0.2, -0.15) is 0 Å². The molecule has 0 radical (unpaired) electrons. The molecule has 1 aromatic rings. The number of benzene rings is 1. The maximum atomic E-state index is 12.0. The molecular weight excluding hydrogens is 288 g/mol. The Kier molecular flexibility index (Phi) is 8.75. The van der Waals surface area contributed by atoms with Crippen LogP contribution in [0.25, 0.3) is 0 Å². The van der Waals surface area contributed by atoms with Crippen molar-refractivity contribution >= 4 is 5.78 Å². The SMILES string of the molecule is COc1cc(CCC(=O)CCCCC(C)CC(C)C)ccc1O. The largest absolute Gasteiger partial charge is 0.504 e. The van der Waals surface area contributed by atoms with Crippen LogP contribution in [0.3, 0.4) is 0 Å². The first-order valence-corrected chi connectivity index (χ1v) is 8.80. The van der Waals surface area contributed by atoms with Crippen molar-refractivity contribution in [3.05, 3.63) is 23.8 Å². The highest BCUT2D eigenvalue weighted by atomic mass is 16.5. The van der Waals surface area contributed by atoms with Crippen LogP contribution in [0.15, 0.2) is 18.2 Å². The van der Waals surface area contributed by atoms with E-state index in [2.05, 4.69) is 20.8 Å². The van der Waals surface area contributed by atoms with Gasteiger partial charge in [-0.1, -0.05) is 39.7 Å². The highest BCUT2D eigenvalue weighted by Gasteiger charge is 2.08. The number of hydrogen-bond donors (Lipinski definition) is 1. The molecule has 1 rings (SSSR count). The number of Topliss-reactive ketones (excluding diaryl/α,β-unsaturated/α-hetero) is 1. The summed E-state index contributed by atoms with van der Waals surface area (Å²) in [6, 6.07) is 5.27. The minimum Gasteiger partial charge on any atom is -0.504 e. The molecule has 3 nitrogen and oxygen atoms in total. The third-order valence-electron chi connectivity index (χ3n) is 4.21. The van der Waals surface area contributed by atoms with Gasteiger partial charge in [-0.25, -0.2) is 0 Å². The van der Waals surface area contributed by atoms with Gasteiger partial charge >= 0.3 is 0 Å².